The third-order valence-electron chi connectivity index (χ3n) is 5.08. The molecule has 2 rings (SSSR count). The Bertz CT molecular complexity index is 818. The average Bonchev–Trinajstić information content (AvgIpc) is 2.76. The highest BCUT2D eigenvalue weighted by molar-refractivity contribution is 5.92. The SMILES string of the molecule is CCC(=O)[C@@H](CC(=O)[C@@H](NC(=O)OCc1ccccc1)C(C)C)Cc1ccccc1. The van der Waals surface area contributed by atoms with Crippen molar-refractivity contribution in [1.29, 1.82) is 0 Å². The number of Topliss-reactive ketones (excluding diaryl/α,β-unsaturated/α-hetero) is 2. The minimum absolute atomic E-state index is 0.0568. The molecular weight excluding hydrogens is 378 g/mol. The normalized spacial score (nSPS) is 12.8. The molecule has 0 saturated carbocycles. The van der Waals surface area contributed by atoms with E-state index in [4.69, 9.17) is 4.74 Å². The molecule has 1 amide bonds. The molecule has 0 aliphatic heterocycles. The number of nitrogens with one attached hydrogen (secondary N) is 1. The third-order valence-corrected chi connectivity index (χ3v) is 5.08. The predicted molar refractivity (Wildman–Crippen MR) is 117 cm³/mol. The van der Waals surface area contributed by atoms with Gasteiger partial charge in [-0.25, -0.2) is 4.79 Å². The van der Waals surface area contributed by atoms with E-state index in [2.05, 4.69) is 5.32 Å². The van der Waals surface area contributed by atoms with Gasteiger partial charge in [0.25, 0.3) is 0 Å². The Morgan fingerprint density at radius 1 is 0.867 bits per heavy atom. The summed E-state index contributed by atoms with van der Waals surface area (Å²) in [6, 6.07) is 18.3. The molecular formula is C25H31NO4. The Morgan fingerprint density at radius 3 is 1.97 bits per heavy atom. The van der Waals surface area contributed by atoms with Crippen LogP contribution in [-0.4, -0.2) is 23.7 Å². The van der Waals surface area contributed by atoms with Gasteiger partial charge in [-0.2, -0.15) is 0 Å². The first-order chi connectivity index (χ1) is 14.4. The molecule has 0 fully saturated rings. The zero-order valence-electron chi connectivity index (χ0n) is 18.0. The van der Waals surface area contributed by atoms with Crippen LogP contribution in [0.25, 0.3) is 0 Å². The van der Waals surface area contributed by atoms with E-state index < -0.39 is 18.1 Å². The average molecular weight is 410 g/mol. The van der Waals surface area contributed by atoms with E-state index >= 15 is 0 Å². The van der Waals surface area contributed by atoms with E-state index in [9.17, 15) is 14.4 Å². The Hall–Kier alpha value is -2.95. The largest absolute Gasteiger partial charge is 0.445 e. The summed E-state index contributed by atoms with van der Waals surface area (Å²) in [6.45, 7) is 5.68. The molecule has 0 saturated heterocycles. The minimum Gasteiger partial charge on any atom is -0.445 e. The van der Waals surface area contributed by atoms with E-state index in [1.54, 1.807) is 0 Å². The van der Waals surface area contributed by atoms with Crippen LogP contribution in [0.15, 0.2) is 60.7 Å². The quantitative estimate of drug-likeness (QED) is 0.582. The maximum atomic E-state index is 13.0. The van der Waals surface area contributed by atoms with Crippen molar-refractivity contribution in [3.05, 3.63) is 71.8 Å². The zero-order valence-corrected chi connectivity index (χ0v) is 18.0. The summed E-state index contributed by atoms with van der Waals surface area (Å²) < 4.78 is 5.26. The van der Waals surface area contributed by atoms with E-state index in [0.29, 0.717) is 12.8 Å². The number of benzene rings is 2. The lowest BCUT2D eigenvalue weighted by Gasteiger charge is -2.23. The van der Waals surface area contributed by atoms with Crippen molar-refractivity contribution in [3.63, 3.8) is 0 Å². The van der Waals surface area contributed by atoms with Gasteiger partial charge >= 0.3 is 6.09 Å². The van der Waals surface area contributed by atoms with Gasteiger partial charge in [0.05, 0.1) is 6.04 Å². The minimum atomic E-state index is -0.698. The molecule has 160 valence electrons. The highest BCUT2D eigenvalue weighted by Crippen LogP contribution is 2.18. The fraction of sp³-hybridized carbons (Fsp3) is 0.400. The standard InChI is InChI=1S/C25H31NO4/c1-4-22(27)21(15-19-11-7-5-8-12-19)16-23(28)24(18(2)3)26-25(29)30-17-20-13-9-6-10-14-20/h5-14,18,21,24H,4,15-17H2,1-3H3,(H,26,29)/t21-,24+/m1/s1. The van der Waals surface area contributed by atoms with Crippen molar-refractivity contribution in [2.24, 2.45) is 11.8 Å². The Labute approximate surface area is 178 Å². The molecule has 2 aromatic carbocycles. The van der Waals surface area contributed by atoms with Gasteiger partial charge in [-0.1, -0.05) is 81.4 Å². The first-order valence-electron chi connectivity index (χ1n) is 10.5. The van der Waals surface area contributed by atoms with Crippen molar-refractivity contribution in [2.75, 3.05) is 0 Å². The molecule has 2 atom stereocenters. The van der Waals surface area contributed by atoms with Crippen LogP contribution in [0.5, 0.6) is 0 Å². The zero-order chi connectivity index (χ0) is 21.9. The number of carbonyl (C=O) groups is 3. The second-order valence-electron chi connectivity index (χ2n) is 7.80. The molecule has 0 aliphatic carbocycles. The second-order valence-corrected chi connectivity index (χ2v) is 7.80. The van der Waals surface area contributed by atoms with Crippen LogP contribution in [-0.2, 0) is 27.4 Å². The van der Waals surface area contributed by atoms with Gasteiger partial charge in [-0.15, -0.1) is 0 Å². The first kappa shape index (κ1) is 23.3. The molecule has 2 aromatic rings. The number of amides is 1. The highest BCUT2D eigenvalue weighted by atomic mass is 16.5. The maximum Gasteiger partial charge on any atom is 0.408 e. The predicted octanol–water partition coefficient (Wildman–Crippen LogP) is 4.73. The molecule has 0 unspecified atom stereocenters. The van der Waals surface area contributed by atoms with Gasteiger partial charge in [-0.3, -0.25) is 9.59 Å². The molecule has 0 heterocycles. The number of alkyl carbamates (subject to hydrolysis) is 1. The number of hydrogen-bond acceptors (Lipinski definition) is 4. The van der Waals surface area contributed by atoms with E-state index in [1.165, 1.54) is 0 Å². The van der Waals surface area contributed by atoms with Gasteiger partial charge in [0, 0.05) is 18.8 Å². The number of hydrogen-bond donors (Lipinski definition) is 1. The van der Waals surface area contributed by atoms with Crippen molar-refractivity contribution >= 4 is 17.7 Å². The van der Waals surface area contributed by atoms with Crippen LogP contribution in [0, 0.1) is 11.8 Å². The van der Waals surface area contributed by atoms with Crippen LogP contribution < -0.4 is 5.32 Å². The molecule has 0 aromatic heterocycles. The molecule has 0 radical (unpaired) electrons. The lowest BCUT2D eigenvalue weighted by atomic mass is 9.86. The van der Waals surface area contributed by atoms with Crippen molar-refractivity contribution in [1.82, 2.24) is 5.32 Å². The van der Waals surface area contributed by atoms with Crippen molar-refractivity contribution < 1.29 is 19.1 Å². The molecule has 0 spiro atoms. The van der Waals surface area contributed by atoms with Gasteiger partial charge in [0.15, 0.2) is 5.78 Å². The number of ether oxygens (including phenoxy) is 1. The Kier molecular flexibility index (Phi) is 9.26. The number of rotatable bonds is 11. The molecule has 0 aliphatic rings. The second kappa shape index (κ2) is 11.9. The highest BCUT2D eigenvalue weighted by Gasteiger charge is 2.29. The lowest BCUT2D eigenvalue weighted by molar-refractivity contribution is -0.129. The fourth-order valence-corrected chi connectivity index (χ4v) is 3.37. The van der Waals surface area contributed by atoms with Crippen molar-refractivity contribution in [2.45, 2.75) is 52.7 Å². The summed E-state index contributed by atoms with van der Waals surface area (Å²) in [5.74, 6) is -0.602. The van der Waals surface area contributed by atoms with Crippen LogP contribution >= 0.6 is 0 Å². The van der Waals surface area contributed by atoms with E-state index in [-0.39, 0.29) is 30.5 Å². The summed E-state index contributed by atoms with van der Waals surface area (Å²) in [5.41, 5.74) is 1.89. The summed E-state index contributed by atoms with van der Waals surface area (Å²) in [5, 5.41) is 2.69. The maximum absolute atomic E-state index is 13.0. The first-order valence-corrected chi connectivity index (χ1v) is 10.5. The topological polar surface area (TPSA) is 72.5 Å². The van der Waals surface area contributed by atoms with Crippen LogP contribution in [0.3, 0.4) is 0 Å². The van der Waals surface area contributed by atoms with Crippen LogP contribution in [0.1, 0.15) is 44.7 Å². The lowest BCUT2D eigenvalue weighted by Crippen LogP contribution is -2.45. The summed E-state index contributed by atoms with van der Waals surface area (Å²) in [4.78, 5) is 37.7. The summed E-state index contributed by atoms with van der Waals surface area (Å²) in [6.07, 6.45) is 0.364. The van der Waals surface area contributed by atoms with E-state index in [0.717, 1.165) is 11.1 Å². The van der Waals surface area contributed by atoms with E-state index in [1.807, 2.05) is 81.4 Å². The molecule has 5 nitrogen and oxygen atoms in total. The van der Waals surface area contributed by atoms with Crippen molar-refractivity contribution in [3.8, 4) is 0 Å². The third kappa shape index (κ3) is 7.47. The number of carbonyl (C=O) groups excluding carboxylic acids is 3. The molecule has 5 heteroatoms. The summed E-state index contributed by atoms with van der Waals surface area (Å²) >= 11 is 0. The van der Waals surface area contributed by atoms with Crippen LogP contribution in [0.2, 0.25) is 0 Å². The van der Waals surface area contributed by atoms with Gasteiger partial charge < -0.3 is 10.1 Å². The van der Waals surface area contributed by atoms with Crippen LogP contribution in [0.4, 0.5) is 4.79 Å². The fourth-order valence-electron chi connectivity index (χ4n) is 3.37. The monoisotopic (exact) mass is 409 g/mol. The van der Waals surface area contributed by atoms with Gasteiger partial charge in [0.2, 0.25) is 0 Å². The smallest absolute Gasteiger partial charge is 0.408 e. The molecule has 30 heavy (non-hydrogen) atoms. The molecule has 0 bridgehead atoms. The van der Waals surface area contributed by atoms with Gasteiger partial charge in [0.1, 0.15) is 12.4 Å². The summed E-state index contributed by atoms with van der Waals surface area (Å²) in [7, 11) is 0. The van der Waals surface area contributed by atoms with Gasteiger partial charge in [-0.05, 0) is 23.5 Å². The Morgan fingerprint density at radius 2 is 1.43 bits per heavy atom. The number of ketones is 2. The molecule has 1 N–H and O–H groups in total. The Balaban J connectivity index is 1.99.